The predicted molar refractivity (Wildman–Crippen MR) is 146 cm³/mol. The number of ether oxygens (including phenoxy) is 2. The molecule has 0 aliphatic carbocycles. The van der Waals surface area contributed by atoms with Crippen LogP contribution in [0.25, 0.3) is 6.08 Å². The molecule has 1 fully saturated rings. The third-order valence-electron chi connectivity index (χ3n) is 4.83. The van der Waals surface area contributed by atoms with Crippen LogP contribution in [0.5, 0.6) is 11.5 Å². The Morgan fingerprint density at radius 2 is 1.71 bits per heavy atom. The number of benzene rings is 3. The molecule has 4 nitrogen and oxygen atoms in total. The highest BCUT2D eigenvalue weighted by Crippen LogP contribution is 2.39. The molecule has 1 saturated heterocycles. The number of amides is 1. The van der Waals surface area contributed by atoms with E-state index in [1.54, 1.807) is 24.3 Å². The second kappa shape index (κ2) is 11.0. The second-order valence-electron chi connectivity index (χ2n) is 7.17. The first-order valence-electron chi connectivity index (χ1n) is 10.2. The van der Waals surface area contributed by atoms with Crippen LogP contribution < -0.4 is 14.4 Å². The number of nitrogens with zero attached hydrogens (tertiary/aromatic N) is 1. The van der Waals surface area contributed by atoms with E-state index in [4.69, 9.17) is 56.5 Å². The molecular formula is C25H18Cl3NO3S2. The van der Waals surface area contributed by atoms with Gasteiger partial charge in [-0.05, 0) is 66.6 Å². The van der Waals surface area contributed by atoms with E-state index in [1.165, 1.54) is 16.7 Å². The summed E-state index contributed by atoms with van der Waals surface area (Å²) in [6, 6.07) is 18.0. The maximum Gasteiger partial charge on any atom is 0.270 e. The lowest BCUT2D eigenvalue weighted by Crippen LogP contribution is -2.27. The van der Waals surface area contributed by atoms with E-state index in [0.29, 0.717) is 54.7 Å². The fourth-order valence-corrected chi connectivity index (χ4v) is 4.93. The van der Waals surface area contributed by atoms with Crippen molar-refractivity contribution >= 4 is 80.8 Å². The molecule has 0 unspecified atom stereocenters. The minimum absolute atomic E-state index is 0.227. The van der Waals surface area contributed by atoms with Crippen molar-refractivity contribution in [1.29, 1.82) is 0 Å². The molecule has 1 heterocycles. The lowest BCUT2D eigenvalue weighted by molar-refractivity contribution is -0.113. The van der Waals surface area contributed by atoms with Gasteiger partial charge in [-0.15, -0.1) is 0 Å². The van der Waals surface area contributed by atoms with Crippen LogP contribution in [0, 0.1) is 0 Å². The van der Waals surface area contributed by atoms with Crippen molar-refractivity contribution in [3.8, 4) is 11.5 Å². The van der Waals surface area contributed by atoms with Gasteiger partial charge in [0.2, 0.25) is 0 Å². The lowest BCUT2D eigenvalue weighted by Gasteiger charge is -2.15. The summed E-state index contributed by atoms with van der Waals surface area (Å²) < 4.78 is 12.2. The zero-order valence-electron chi connectivity index (χ0n) is 17.9. The van der Waals surface area contributed by atoms with Crippen LogP contribution in [0.2, 0.25) is 15.1 Å². The number of anilines is 1. The van der Waals surface area contributed by atoms with Gasteiger partial charge in [-0.1, -0.05) is 77.0 Å². The molecule has 4 rings (SSSR count). The molecule has 34 heavy (non-hydrogen) atoms. The molecule has 3 aromatic carbocycles. The largest absolute Gasteiger partial charge is 0.490 e. The Hall–Kier alpha value is -2.22. The highest BCUT2D eigenvalue weighted by atomic mass is 35.5. The van der Waals surface area contributed by atoms with E-state index < -0.39 is 0 Å². The molecule has 9 heteroatoms. The van der Waals surface area contributed by atoms with E-state index in [0.717, 1.165) is 11.1 Å². The highest BCUT2D eigenvalue weighted by Gasteiger charge is 2.33. The van der Waals surface area contributed by atoms with E-state index in [1.807, 2.05) is 49.4 Å². The normalized spacial score (nSPS) is 14.7. The molecule has 0 bridgehead atoms. The average Bonchev–Trinajstić information content (AvgIpc) is 3.09. The number of halogens is 3. The summed E-state index contributed by atoms with van der Waals surface area (Å²) in [5.74, 6) is 0.969. The Balaban J connectivity index is 1.55. The van der Waals surface area contributed by atoms with E-state index >= 15 is 0 Å². The van der Waals surface area contributed by atoms with Crippen LogP contribution in [0.1, 0.15) is 18.1 Å². The number of thiocarbonyl (C=S) groups is 1. The molecule has 0 radical (unpaired) electrons. The first kappa shape index (κ1) is 24.9. The van der Waals surface area contributed by atoms with E-state index in [9.17, 15) is 4.79 Å². The van der Waals surface area contributed by atoms with Crippen LogP contribution in [0.4, 0.5) is 5.69 Å². The van der Waals surface area contributed by atoms with Gasteiger partial charge in [0.25, 0.3) is 5.91 Å². The van der Waals surface area contributed by atoms with Crippen molar-refractivity contribution in [2.24, 2.45) is 0 Å². The third kappa shape index (κ3) is 5.70. The highest BCUT2D eigenvalue weighted by molar-refractivity contribution is 8.27. The Bertz CT molecular complexity index is 1280. The zero-order chi connectivity index (χ0) is 24.2. The van der Waals surface area contributed by atoms with E-state index in [-0.39, 0.29) is 5.91 Å². The van der Waals surface area contributed by atoms with Crippen LogP contribution in [0.15, 0.2) is 65.6 Å². The van der Waals surface area contributed by atoms with Gasteiger partial charge in [0, 0.05) is 5.02 Å². The van der Waals surface area contributed by atoms with Gasteiger partial charge in [-0.25, -0.2) is 0 Å². The quantitative estimate of drug-likeness (QED) is 0.220. The van der Waals surface area contributed by atoms with E-state index in [2.05, 4.69) is 0 Å². The van der Waals surface area contributed by atoms with Crippen LogP contribution in [0.3, 0.4) is 0 Å². The Kier molecular flexibility index (Phi) is 8.06. The summed E-state index contributed by atoms with van der Waals surface area (Å²) in [7, 11) is 0. The second-order valence-corrected chi connectivity index (χ2v) is 10.1. The molecular weight excluding hydrogens is 533 g/mol. The zero-order valence-corrected chi connectivity index (χ0v) is 21.8. The number of hydrogen-bond acceptors (Lipinski definition) is 5. The maximum atomic E-state index is 13.1. The number of carbonyl (C=O) groups is 1. The lowest BCUT2D eigenvalue weighted by atomic mass is 10.1. The molecule has 0 N–H and O–H groups in total. The summed E-state index contributed by atoms with van der Waals surface area (Å²) >= 11 is 24.7. The first-order valence-corrected chi connectivity index (χ1v) is 12.6. The Labute approximate surface area is 222 Å². The van der Waals surface area contributed by atoms with Gasteiger partial charge >= 0.3 is 0 Å². The van der Waals surface area contributed by atoms with Crippen molar-refractivity contribution in [2.75, 3.05) is 11.5 Å². The SMILES string of the molecule is CCOc1cc(/C=C2\SC(=S)N(c3ccc(Cl)c(Cl)c3)C2=O)ccc1OCc1ccc(Cl)cc1. The number of hydrogen-bond donors (Lipinski definition) is 0. The predicted octanol–water partition coefficient (Wildman–Crippen LogP) is 8.03. The Morgan fingerprint density at radius 3 is 2.41 bits per heavy atom. The first-order chi connectivity index (χ1) is 16.4. The minimum Gasteiger partial charge on any atom is -0.490 e. The monoisotopic (exact) mass is 549 g/mol. The number of carbonyl (C=O) groups excluding carboxylic acids is 1. The average molecular weight is 551 g/mol. The summed E-state index contributed by atoms with van der Waals surface area (Å²) in [6.07, 6.45) is 1.78. The standard InChI is InChI=1S/C25H18Cl3NO3S2/c1-2-31-22-11-16(5-10-21(22)32-14-15-3-6-17(26)7-4-15)12-23-24(30)29(25(33)34-23)18-8-9-19(27)20(28)13-18/h3-13H,2,14H2,1H3/b23-12-. The van der Waals surface area contributed by atoms with Crippen molar-refractivity contribution in [2.45, 2.75) is 13.5 Å². The third-order valence-corrected chi connectivity index (χ3v) is 7.12. The van der Waals surface area contributed by atoms with Gasteiger partial charge in [0.05, 0.1) is 27.2 Å². The molecule has 0 atom stereocenters. The summed E-state index contributed by atoms with van der Waals surface area (Å²) in [6.45, 7) is 2.75. The maximum absolute atomic E-state index is 13.1. The summed E-state index contributed by atoms with van der Waals surface area (Å²) in [5.41, 5.74) is 2.35. The van der Waals surface area contributed by atoms with Crippen molar-refractivity contribution in [1.82, 2.24) is 0 Å². The van der Waals surface area contributed by atoms with Gasteiger partial charge in [0.1, 0.15) is 6.61 Å². The molecule has 3 aromatic rings. The van der Waals surface area contributed by atoms with Crippen molar-refractivity contribution in [3.05, 3.63) is 91.8 Å². The Morgan fingerprint density at radius 1 is 0.941 bits per heavy atom. The molecule has 174 valence electrons. The topological polar surface area (TPSA) is 38.8 Å². The summed E-state index contributed by atoms with van der Waals surface area (Å²) in [4.78, 5) is 15.0. The molecule has 0 aromatic heterocycles. The van der Waals surface area contributed by atoms with Gasteiger partial charge in [0.15, 0.2) is 15.8 Å². The number of rotatable bonds is 7. The molecule has 0 saturated carbocycles. The fourth-order valence-electron chi connectivity index (χ4n) is 3.21. The van der Waals surface area contributed by atoms with Gasteiger partial charge in [-0.2, -0.15) is 0 Å². The van der Waals surface area contributed by atoms with Crippen molar-refractivity contribution in [3.63, 3.8) is 0 Å². The van der Waals surface area contributed by atoms with Gasteiger partial charge in [-0.3, -0.25) is 9.69 Å². The van der Waals surface area contributed by atoms with Gasteiger partial charge < -0.3 is 9.47 Å². The van der Waals surface area contributed by atoms with Crippen molar-refractivity contribution < 1.29 is 14.3 Å². The molecule has 0 spiro atoms. The summed E-state index contributed by atoms with van der Waals surface area (Å²) in [5, 5.41) is 1.44. The fraction of sp³-hybridized carbons (Fsp3) is 0.120. The van der Waals surface area contributed by atoms with Crippen LogP contribution >= 0.6 is 58.8 Å². The number of thioether (sulfide) groups is 1. The smallest absolute Gasteiger partial charge is 0.270 e. The van der Waals surface area contributed by atoms with Crippen LogP contribution in [-0.4, -0.2) is 16.8 Å². The minimum atomic E-state index is -0.227. The molecule has 1 aliphatic heterocycles. The molecule has 1 amide bonds. The molecule has 1 aliphatic rings. The van der Waals surface area contributed by atoms with Crippen LogP contribution in [-0.2, 0) is 11.4 Å².